The van der Waals surface area contributed by atoms with Crippen LogP contribution in [-0.2, 0) is 6.18 Å². The molecule has 0 aromatic heterocycles. The summed E-state index contributed by atoms with van der Waals surface area (Å²) < 4.78 is 37.7. The van der Waals surface area contributed by atoms with Gasteiger partial charge in [-0.15, -0.1) is 0 Å². The fourth-order valence-corrected chi connectivity index (χ4v) is 3.12. The maximum atomic E-state index is 12.6. The summed E-state index contributed by atoms with van der Waals surface area (Å²) in [5.74, 6) is -0.113. The van der Waals surface area contributed by atoms with Crippen molar-refractivity contribution in [1.29, 1.82) is 0 Å². The highest BCUT2D eigenvalue weighted by Gasteiger charge is 2.39. The predicted molar refractivity (Wildman–Crippen MR) is 72.9 cm³/mol. The van der Waals surface area contributed by atoms with E-state index in [2.05, 4.69) is 0 Å². The average molecular weight is 297 g/mol. The van der Waals surface area contributed by atoms with Gasteiger partial charge in [0.1, 0.15) is 0 Å². The SMILES string of the molecule is O=C(c1ccc(C(F)(F)F)cc1)N(C1CCCC1)C1CC1. The summed E-state index contributed by atoms with van der Waals surface area (Å²) in [6.07, 6.45) is 1.98. The van der Waals surface area contributed by atoms with E-state index >= 15 is 0 Å². The van der Waals surface area contributed by atoms with Crippen molar-refractivity contribution in [3.63, 3.8) is 0 Å². The largest absolute Gasteiger partial charge is 0.416 e. The molecule has 0 saturated heterocycles. The molecule has 3 rings (SSSR count). The average Bonchev–Trinajstić information content (AvgIpc) is 3.12. The summed E-state index contributed by atoms with van der Waals surface area (Å²) in [6.45, 7) is 0. The molecule has 2 saturated carbocycles. The second-order valence-corrected chi connectivity index (χ2v) is 5.96. The first-order valence-corrected chi connectivity index (χ1v) is 7.47. The maximum absolute atomic E-state index is 12.6. The number of halogens is 3. The number of alkyl halides is 3. The second-order valence-electron chi connectivity index (χ2n) is 5.96. The van der Waals surface area contributed by atoms with Gasteiger partial charge in [-0.2, -0.15) is 13.2 Å². The van der Waals surface area contributed by atoms with Crippen molar-refractivity contribution in [3.05, 3.63) is 35.4 Å². The molecule has 0 unspecified atom stereocenters. The van der Waals surface area contributed by atoms with Gasteiger partial charge in [-0.25, -0.2) is 0 Å². The maximum Gasteiger partial charge on any atom is 0.416 e. The van der Waals surface area contributed by atoms with Crippen LogP contribution in [0.5, 0.6) is 0 Å². The van der Waals surface area contributed by atoms with Gasteiger partial charge in [-0.05, 0) is 49.9 Å². The Hall–Kier alpha value is -1.52. The monoisotopic (exact) mass is 297 g/mol. The Morgan fingerprint density at radius 1 is 0.952 bits per heavy atom. The van der Waals surface area contributed by atoms with Gasteiger partial charge in [0, 0.05) is 17.6 Å². The van der Waals surface area contributed by atoms with Crippen LogP contribution in [0, 0.1) is 0 Å². The van der Waals surface area contributed by atoms with Crippen LogP contribution < -0.4 is 0 Å². The van der Waals surface area contributed by atoms with Crippen molar-refractivity contribution in [3.8, 4) is 0 Å². The van der Waals surface area contributed by atoms with Crippen LogP contribution >= 0.6 is 0 Å². The van der Waals surface area contributed by atoms with Gasteiger partial charge in [0.05, 0.1) is 5.56 Å². The second kappa shape index (κ2) is 5.35. The highest BCUT2D eigenvalue weighted by atomic mass is 19.4. The third-order valence-electron chi connectivity index (χ3n) is 4.35. The van der Waals surface area contributed by atoms with Crippen molar-refractivity contribution in [2.24, 2.45) is 0 Å². The van der Waals surface area contributed by atoms with Gasteiger partial charge < -0.3 is 4.90 Å². The number of amides is 1. The molecule has 0 bridgehead atoms. The van der Waals surface area contributed by atoms with E-state index in [1.54, 1.807) is 0 Å². The molecule has 0 radical (unpaired) electrons. The molecule has 5 heteroatoms. The van der Waals surface area contributed by atoms with Gasteiger partial charge in [0.2, 0.25) is 0 Å². The molecule has 114 valence electrons. The van der Waals surface area contributed by atoms with E-state index in [4.69, 9.17) is 0 Å². The van der Waals surface area contributed by atoms with E-state index in [0.717, 1.165) is 50.7 Å². The number of hydrogen-bond donors (Lipinski definition) is 0. The van der Waals surface area contributed by atoms with Crippen LogP contribution in [0.3, 0.4) is 0 Å². The van der Waals surface area contributed by atoms with Gasteiger partial charge in [0.25, 0.3) is 5.91 Å². The molecule has 2 fully saturated rings. The Labute approximate surface area is 121 Å². The summed E-state index contributed by atoms with van der Waals surface area (Å²) in [5.41, 5.74) is -0.348. The minimum Gasteiger partial charge on any atom is -0.333 e. The van der Waals surface area contributed by atoms with Crippen LogP contribution in [0.1, 0.15) is 54.4 Å². The van der Waals surface area contributed by atoms with E-state index < -0.39 is 11.7 Å². The molecule has 1 aromatic carbocycles. The van der Waals surface area contributed by atoms with E-state index in [9.17, 15) is 18.0 Å². The lowest BCUT2D eigenvalue weighted by Gasteiger charge is -2.29. The van der Waals surface area contributed by atoms with E-state index in [-0.39, 0.29) is 11.9 Å². The fraction of sp³-hybridized carbons (Fsp3) is 0.562. The Morgan fingerprint density at radius 2 is 1.48 bits per heavy atom. The Kier molecular flexibility index (Phi) is 3.68. The minimum atomic E-state index is -4.36. The molecule has 2 aliphatic rings. The van der Waals surface area contributed by atoms with Crippen LogP contribution in [0.4, 0.5) is 13.2 Å². The lowest BCUT2D eigenvalue weighted by Crippen LogP contribution is -2.40. The van der Waals surface area contributed by atoms with Gasteiger partial charge >= 0.3 is 6.18 Å². The lowest BCUT2D eigenvalue weighted by molar-refractivity contribution is -0.137. The fourth-order valence-electron chi connectivity index (χ4n) is 3.12. The summed E-state index contributed by atoms with van der Waals surface area (Å²) >= 11 is 0. The highest BCUT2D eigenvalue weighted by Crippen LogP contribution is 2.36. The molecule has 21 heavy (non-hydrogen) atoms. The summed E-state index contributed by atoms with van der Waals surface area (Å²) in [7, 11) is 0. The van der Waals surface area contributed by atoms with Crippen LogP contribution in [0.15, 0.2) is 24.3 Å². The third-order valence-corrected chi connectivity index (χ3v) is 4.35. The first-order valence-electron chi connectivity index (χ1n) is 7.47. The van der Waals surface area contributed by atoms with Crippen molar-refractivity contribution in [1.82, 2.24) is 4.90 Å². The van der Waals surface area contributed by atoms with Crippen LogP contribution in [0.2, 0.25) is 0 Å². The number of carbonyl (C=O) groups excluding carboxylic acids is 1. The number of nitrogens with zero attached hydrogens (tertiary/aromatic N) is 1. The molecule has 0 atom stereocenters. The van der Waals surface area contributed by atoms with Crippen molar-refractivity contribution in [2.75, 3.05) is 0 Å². The molecule has 0 N–H and O–H groups in total. The zero-order valence-electron chi connectivity index (χ0n) is 11.7. The standard InChI is InChI=1S/C16H18F3NO/c17-16(18,19)12-7-5-11(6-8-12)15(21)20(14-9-10-14)13-3-1-2-4-13/h5-8,13-14H,1-4,9-10H2. The smallest absolute Gasteiger partial charge is 0.333 e. The number of rotatable bonds is 3. The van der Waals surface area contributed by atoms with Gasteiger partial charge in [0.15, 0.2) is 0 Å². The Balaban J connectivity index is 1.79. The quantitative estimate of drug-likeness (QED) is 0.816. The molecule has 0 spiro atoms. The number of benzene rings is 1. The topological polar surface area (TPSA) is 20.3 Å². The Bertz CT molecular complexity index is 513. The number of carbonyl (C=O) groups is 1. The lowest BCUT2D eigenvalue weighted by atomic mass is 10.1. The summed E-state index contributed by atoms with van der Waals surface area (Å²) in [6, 6.07) is 5.15. The zero-order valence-corrected chi connectivity index (χ0v) is 11.7. The number of hydrogen-bond acceptors (Lipinski definition) is 1. The minimum absolute atomic E-state index is 0.113. The van der Waals surface area contributed by atoms with E-state index in [0.29, 0.717) is 11.6 Å². The van der Waals surface area contributed by atoms with Crippen molar-refractivity contribution < 1.29 is 18.0 Å². The van der Waals surface area contributed by atoms with Gasteiger partial charge in [-0.3, -0.25) is 4.79 Å². The van der Waals surface area contributed by atoms with Crippen molar-refractivity contribution in [2.45, 2.75) is 56.8 Å². The highest BCUT2D eigenvalue weighted by molar-refractivity contribution is 5.95. The van der Waals surface area contributed by atoms with E-state index in [1.165, 1.54) is 12.1 Å². The Morgan fingerprint density at radius 3 is 1.95 bits per heavy atom. The van der Waals surface area contributed by atoms with Crippen LogP contribution in [0.25, 0.3) is 0 Å². The normalized spacial score (nSPS) is 19.8. The molecule has 2 nitrogen and oxygen atoms in total. The van der Waals surface area contributed by atoms with Crippen molar-refractivity contribution >= 4 is 5.91 Å². The summed E-state index contributed by atoms with van der Waals surface area (Å²) in [5, 5.41) is 0. The molecule has 0 aliphatic heterocycles. The third kappa shape index (κ3) is 3.06. The first-order chi connectivity index (χ1) is 9.97. The molecule has 2 aliphatic carbocycles. The zero-order chi connectivity index (χ0) is 15.0. The van der Waals surface area contributed by atoms with Gasteiger partial charge in [-0.1, -0.05) is 12.8 Å². The molecule has 1 aromatic rings. The molecular weight excluding hydrogens is 279 g/mol. The first kappa shape index (κ1) is 14.4. The van der Waals surface area contributed by atoms with Crippen LogP contribution in [-0.4, -0.2) is 22.9 Å². The van der Waals surface area contributed by atoms with E-state index in [1.807, 2.05) is 4.90 Å². The molecule has 1 amide bonds. The molecular formula is C16H18F3NO. The summed E-state index contributed by atoms with van der Waals surface area (Å²) in [4.78, 5) is 14.5. The molecule has 0 heterocycles. The predicted octanol–water partition coefficient (Wildman–Crippen LogP) is 4.25.